The normalized spacial score (nSPS) is 15.3. The van der Waals surface area contributed by atoms with Gasteiger partial charge < -0.3 is 64.7 Å². The molecule has 4 saturated heterocycles. The Bertz CT molecular complexity index is 6260. The Hall–Kier alpha value is -11.4. The van der Waals surface area contributed by atoms with Crippen molar-refractivity contribution >= 4 is 113 Å². The number of hydrogen-bond donors (Lipinski definition) is 8. The molecule has 30 heteroatoms. The van der Waals surface area contributed by atoms with Crippen LogP contribution in [0.25, 0.3) is 44.8 Å². The number of nitrogens with zero attached hydrogens (tertiary/aromatic N) is 8. The van der Waals surface area contributed by atoms with E-state index in [0.29, 0.717) is 150 Å². The molecule has 0 saturated carbocycles. The fourth-order valence-corrected chi connectivity index (χ4v) is 22.2. The predicted molar refractivity (Wildman–Crippen MR) is 524 cm³/mol. The maximum atomic E-state index is 15.5. The molecule has 686 valence electrons. The number of aryl methyl sites for hydroxylation is 2. The van der Waals surface area contributed by atoms with Gasteiger partial charge in [-0.2, -0.15) is 0 Å². The molecule has 0 radical (unpaired) electrons. The average Bonchev–Trinajstić information content (AvgIpc) is 1.60. The Labute approximate surface area is 778 Å². The first-order chi connectivity index (χ1) is 63.0. The molecule has 4 fully saturated rings. The fourth-order valence-electron chi connectivity index (χ4n) is 17.8. The number of benzene rings is 10. The van der Waals surface area contributed by atoms with Crippen LogP contribution in [-0.4, -0.2) is 196 Å². The van der Waals surface area contributed by atoms with E-state index < -0.39 is 49.4 Å². The summed E-state index contributed by atoms with van der Waals surface area (Å²) >= 11 is 9.75. The van der Waals surface area contributed by atoms with E-state index >= 15 is 8.78 Å². The zero-order valence-corrected chi connectivity index (χ0v) is 78.1. The van der Waals surface area contributed by atoms with E-state index in [0.717, 1.165) is 103 Å². The Morgan fingerprint density at radius 3 is 1.27 bits per heavy atom. The molecular weight excluding hydrogens is 1760 g/mol. The highest BCUT2D eigenvalue weighted by molar-refractivity contribution is 7.99. The van der Waals surface area contributed by atoms with Gasteiger partial charge in [-0.15, -0.1) is 23.5 Å². The van der Waals surface area contributed by atoms with E-state index in [1.807, 2.05) is 134 Å². The van der Waals surface area contributed by atoms with Crippen LogP contribution in [0.4, 0.5) is 58.7 Å². The van der Waals surface area contributed by atoms with Crippen molar-refractivity contribution in [3.8, 4) is 44.8 Å². The third-order valence-corrected chi connectivity index (χ3v) is 30.4. The number of aliphatic hydroxyl groups excluding tert-OH is 2. The van der Waals surface area contributed by atoms with Crippen LogP contribution in [0.15, 0.2) is 250 Å². The highest BCUT2D eigenvalue weighted by atomic mass is 35.5. The number of nitrogens with one attached hydrogen (secondary N) is 4. The average molecular weight is 1870 g/mol. The Balaban J connectivity index is 0.000000201. The van der Waals surface area contributed by atoms with E-state index in [1.54, 1.807) is 110 Å². The molecule has 22 nitrogen and oxygen atoms in total. The number of rotatable bonds is 33. The van der Waals surface area contributed by atoms with Crippen LogP contribution in [-0.2, 0) is 33.6 Å². The Kier molecular flexibility index (Phi) is 30.2. The van der Waals surface area contributed by atoms with Crippen molar-refractivity contribution in [1.82, 2.24) is 18.9 Å². The first kappa shape index (κ1) is 94.3. The summed E-state index contributed by atoms with van der Waals surface area (Å²) in [6.07, 6.45) is 2.91. The van der Waals surface area contributed by atoms with Crippen molar-refractivity contribution in [2.24, 2.45) is 7.05 Å². The van der Waals surface area contributed by atoms with Gasteiger partial charge in [-0.1, -0.05) is 60.1 Å². The molecule has 6 heterocycles. The van der Waals surface area contributed by atoms with Crippen LogP contribution in [0.3, 0.4) is 0 Å². The topological polar surface area (TPSA) is 261 Å². The number of piperazine rings is 2. The second kappa shape index (κ2) is 42.0. The van der Waals surface area contributed by atoms with Gasteiger partial charge in [0.25, 0.3) is 20.0 Å². The summed E-state index contributed by atoms with van der Waals surface area (Å²) in [6, 6.07) is 68.2. The number of piperidine rings is 1. The van der Waals surface area contributed by atoms with Crippen LogP contribution >= 0.6 is 35.1 Å². The SMILES string of the molecule is CCn1c(C)c(C(=O)O)c(-c2cc(F)cc(N3CCN(c4ccc(NS(=O)(=O)c5ccc(N[C@H](CCN6CCC(O)CC6)CSc6ccccc6)c(C)c5)cc4)CC3)c2)c1-c1ccc(F)cc1.Cc1cc(S(=O)(=O)Nc2ccc(N3CCN(c4cc(F)cc(-c5c(C(=O)O)c(C)n(C)c5-c5ccc(Cl)cc5)c4)CC3)cc2)ccc1N[C@H](CCN1CC(O)C1)CSc1ccccc1. The molecule has 0 amide bonds. The molecule has 4 aliphatic heterocycles. The first-order valence-electron chi connectivity index (χ1n) is 44.2. The van der Waals surface area contributed by atoms with Gasteiger partial charge in [0.15, 0.2) is 0 Å². The number of anilines is 8. The number of thioether (sulfide) groups is 2. The molecule has 16 rings (SSSR count). The van der Waals surface area contributed by atoms with Crippen LogP contribution in [0.5, 0.6) is 0 Å². The third-order valence-electron chi connectivity index (χ3n) is 25.0. The molecule has 4 aliphatic rings. The molecule has 0 aliphatic carbocycles. The van der Waals surface area contributed by atoms with Gasteiger partial charge in [0.1, 0.15) is 17.5 Å². The molecule has 12 aromatic rings. The van der Waals surface area contributed by atoms with Gasteiger partial charge in [0.05, 0.1) is 44.5 Å². The number of hydrogen-bond acceptors (Lipinski definition) is 18. The van der Waals surface area contributed by atoms with Gasteiger partial charge in [0, 0.05) is 212 Å². The molecule has 2 atom stereocenters. The lowest BCUT2D eigenvalue weighted by molar-refractivity contribution is 0.00138. The quantitative estimate of drug-likeness (QED) is 0.0178. The van der Waals surface area contributed by atoms with E-state index in [9.17, 15) is 51.2 Å². The maximum Gasteiger partial charge on any atom is 0.338 e. The van der Waals surface area contributed by atoms with Crippen LogP contribution in [0, 0.1) is 45.1 Å². The van der Waals surface area contributed by atoms with E-state index in [1.165, 1.54) is 46.2 Å². The summed E-state index contributed by atoms with van der Waals surface area (Å²) in [5.74, 6) is -1.91. The van der Waals surface area contributed by atoms with Crippen LogP contribution in [0.1, 0.15) is 75.8 Å². The number of aliphatic hydroxyl groups is 2. The van der Waals surface area contributed by atoms with Crippen molar-refractivity contribution in [2.75, 3.05) is 143 Å². The number of carbonyl (C=O) groups is 2. The van der Waals surface area contributed by atoms with Crippen molar-refractivity contribution in [3.05, 3.63) is 287 Å². The number of carboxylic acids is 2. The van der Waals surface area contributed by atoms with E-state index in [2.05, 4.69) is 73.7 Å². The number of sulfonamides is 2. The standard InChI is InChI=1S/C52H58F2N6O5S2.C49H52ClFN6O5S2/c1-4-60-36(3)49(52(62)63)50(51(60)37-10-12-39(53)13-11-37)38-31-40(54)33-44(32-38)59-28-26-58(27-29-59)43-16-14-41(15-17-43)56-67(64,65)47-18-19-48(35(2)30-47)55-42(34-66-46-8-6-5-7-9-46)20-23-57-24-21-45(61)22-25-57;1-32-25-44(17-18-45(32)52-39(19-20-55-29-42(58)30-55)31-63-43-7-5-4-6-8-43)64(61,62)53-38-13-15-40(16-14-38)56-21-23-57(24-22-56)41-27-35(26-37(51)28-41)47-46(49(59)60)33(2)54(3)48(47)34-9-11-36(50)12-10-34/h5-19,30-33,42,45,55-56,61H,4,20-29,34H2,1-3H3,(H,62,63);4-18,25-28,39,42,52-53,58H,19-24,29-31H2,1-3H3,(H,59,60)/t42-;39-/m11/s1. The summed E-state index contributed by atoms with van der Waals surface area (Å²) < 4.78 is 109. The highest BCUT2D eigenvalue weighted by Crippen LogP contribution is 2.44. The minimum atomic E-state index is -3.90. The van der Waals surface area contributed by atoms with Crippen molar-refractivity contribution in [1.29, 1.82) is 0 Å². The van der Waals surface area contributed by atoms with E-state index in [4.69, 9.17) is 11.6 Å². The smallest absolute Gasteiger partial charge is 0.338 e. The molecule has 0 spiro atoms. The monoisotopic (exact) mass is 1870 g/mol. The van der Waals surface area contributed by atoms with Crippen molar-refractivity contribution in [2.45, 2.75) is 111 Å². The first-order valence-corrected chi connectivity index (χ1v) is 49.5. The van der Waals surface area contributed by atoms with Crippen molar-refractivity contribution in [3.63, 3.8) is 0 Å². The highest BCUT2D eigenvalue weighted by Gasteiger charge is 2.33. The molecule has 2 aromatic heterocycles. The molecule has 0 unspecified atom stereocenters. The van der Waals surface area contributed by atoms with Crippen LogP contribution in [0.2, 0.25) is 5.02 Å². The minimum Gasteiger partial charge on any atom is -0.478 e. The molecular formula is C101H110ClF3N12O10S4. The van der Waals surface area contributed by atoms with Gasteiger partial charge >= 0.3 is 11.9 Å². The van der Waals surface area contributed by atoms with Gasteiger partial charge in [0.2, 0.25) is 0 Å². The largest absolute Gasteiger partial charge is 0.478 e. The van der Waals surface area contributed by atoms with E-state index in [-0.39, 0.29) is 45.2 Å². The minimum absolute atomic E-state index is 0.0785. The summed E-state index contributed by atoms with van der Waals surface area (Å²) in [5, 5.41) is 48.4. The number of carboxylic acid groups (broad SMARTS) is 2. The molecule has 8 N–H and O–H groups in total. The van der Waals surface area contributed by atoms with Gasteiger partial charge in [-0.3, -0.25) is 14.3 Å². The number of β-amino-alcohol motifs (C(OH)–C–C–N with tert-alkyl or cyclic N) is 1. The lowest BCUT2D eigenvalue weighted by Gasteiger charge is -2.37. The zero-order valence-electron chi connectivity index (χ0n) is 74.1. The van der Waals surface area contributed by atoms with Crippen LogP contribution < -0.4 is 39.7 Å². The number of halogens is 4. The predicted octanol–water partition coefficient (Wildman–Crippen LogP) is 19.2. The fraction of sp³-hybridized carbons (Fsp3) is 0.307. The molecule has 0 bridgehead atoms. The summed E-state index contributed by atoms with van der Waals surface area (Å²) in [4.78, 5) is 41.3. The Morgan fingerprint density at radius 1 is 0.450 bits per heavy atom. The molecule has 10 aromatic carbocycles. The number of likely N-dealkylation sites (tertiary alicyclic amines) is 2. The third kappa shape index (κ3) is 23.0. The number of aromatic carboxylic acids is 2. The lowest BCUT2D eigenvalue weighted by Crippen LogP contribution is -2.51. The second-order valence-corrected chi connectivity index (χ2v) is 39.9. The maximum absolute atomic E-state index is 15.5. The Morgan fingerprint density at radius 2 is 0.855 bits per heavy atom. The van der Waals surface area contributed by atoms with Crippen molar-refractivity contribution < 1.29 is 60.0 Å². The second-order valence-electron chi connectivity index (χ2n) is 33.9. The van der Waals surface area contributed by atoms with Gasteiger partial charge in [-0.05, 0) is 276 Å². The number of aromatic nitrogens is 2. The summed E-state index contributed by atoms with van der Waals surface area (Å²) in [7, 11) is -5.98. The molecule has 131 heavy (non-hydrogen) atoms. The summed E-state index contributed by atoms with van der Waals surface area (Å²) in [6.45, 7) is 19.4. The lowest BCUT2D eigenvalue weighted by atomic mass is 9.96. The zero-order chi connectivity index (χ0) is 92.4. The summed E-state index contributed by atoms with van der Waals surface area (Å²) in [5.41, 5.74) is 13.1. The van der Waals surface area contributed by atoms with Gasteiger partial charge in [-0.25, -0.2) is 39.6 Å².